The molecule has 2 N–H and O–H groups in total. The van der Waals surface area contributed by atoms with E-state index in [-0.39, 0.29) is 6.04 Å². The Morgan fingerprint density at radius 1 is 1.16 bits per heavy atom. The fourth-order valence-corrected chi connectivity index (χ4v) is 3.28. The SMILES string of the molecule is Cc1ccccc1[C@H](C)NC(=S)Nc1cccc(N(C)S(C)(=O)=O)c1. The van der Waals surface area contributed by atoms with E-state index in [0.29, 0.717) is 10.8 Å². The lowest BCUT2D eigenvalue weighted by atomic mass is 10.0. The summed E-state index contributed by atoms with van der Waals surface area (Å²) in [6, 6.07) is 15.3. The zero-order valence-electron chi connectivity index (χ0n) is 14.8. The Morgan fingerprint density at radius 3 is 2.48 bits per heavy atom. The number of sulfonamides is 1. The van der Waals surface area contributed by atoms with Crippen LogP contribution in [0.4, 0.5) is 11.4 Å². The standard InChI is InChI=1S/C18H23N3O2S2/c1-13-8-5-6-11-17(13)14(2)19-18(24)20-15-9-7-10-16(12-15)21(3)25(4,22)23/h5-12,14H,1-4H3,(H2,19,20,24)/t14-/m0/s1. The Balaban J connectivity index is 2.07. The van der Waals surface area contributed by atoms with E-state index in [1.807, 2.05) is 25.1 Å². The summed E-state index contributed by atoms with van der Waals surface area (Å²) in [6.07, 6.45) is 1.17. The summed E-state index contributed by atoms with van der Waals surface area (Å²) in [4.78, 5) is 0. The minimum atomic E-state index is -3.30. The molecule has 1 atom stereocenters. The minimum absolute atomic E-state index is 0.0584. The summed E-state index contributed by atoms with van der Waals surface area (Å²) in [5, 5.41) is 6.84. The molecular weight excluding hydrogens is 354 g/mol. The van der Waals surface area contributed by atoms with Gasteiger partial charge in [0, 0.05) is 12.7 Å². The maximum absolute atomic E-state index is 11.7. The van der Waals surface area contributed by atoms with Gasteiger partial charge in [0.25, 0.3) is 0 Å². The van der Waals surface area contributed by atoms with Crippen molar-refractivity contribution in [3.63, 3.8) is 0 Å². The maximum atomic E-state index is 11.7. The molecule has 2 aromatic rings. The van der Waals surface area contributed by atoms with Gasteiger partial charge in [-0.1, -0.05) is 30.3 Å². The molecular formula is C18H23N3O2S2. The number of hydrogen-bond donors (Lipinski definition) is 2. The Hall–Kier alpha value is -2.12. The highest BCUT2D eigenvalue weighted by Gasteiger charge is 2.13. The average molecular weight is 378 g/mol. The molecule has 0 aliphatic carbocycles. The van der Waals surface area contributed by atoms with Crippen LogP contribution in [0.15, 0.2) is 48.5 Å². The Bertz CT molecular complexity index is 866. The molecule has 0 amide bonds. The van der Waals surface area contributed by atoms with E-state index in [1.54, 1.807) is 18.2 Å². The number of benzene rings is 2. The minimum Gasteiger partial charge on any atom is -0.356 e. The molecule has 0 heterocycles. The summed E-state index contributed by atoms with van der Waals surface area (Å²) in [6.45, 7) is 4.11. The van der Waals surface area contributed by atoms with Crippen LogP contribution in [0.2, 0.25) is 0 Å². The van der Waals surface area contributed by atoms with Crippen LogP contribution < -0.4 is 14.9 Å². The lowest BCUT2D eigenvalue weighted by Crippen LogP contribution is -2.31. The smallest absolute Gasteiger partial charge is 0.231 e. The van der Waals surface area contributed by atoms with Crippen molar-refractivity contribution in [1.82, 2.24) is 5.32 Å². The number of aryl methyl sites for hydroxylation is 1. The van der Waals surface area contributed by atoms with Gasteiger partial charge in [-0.25, -0.2) is 8.42 Å². The third-order valence-electron chi connectivity index (χ3n) is 3.97. The third-order valence-corrected chi connectivity index (χ3v) is 5.39. The fraction of sp³-hybridized carbons (Fsp3) is 0.278. The van der Waals surface area contributed by atoms with E-state index >= 15 is 0 Å². The van der Waals surface area contributed by atoms with E-state index in [2.05, 4.69) is 29.7 Å². The van der Waals surface area contributed by atoms with Gasteiger partial charge in [0.05, 0.1) is 18.0 Å². The van der Waals surface area contributed by atoms with Gasteiger partial charge in [-0.2, -0.15) is 0 Å². The van der Waals surface area contributed by atoms with Crippen LogP contribution in [0.3, 0.4) is 0 Å². The van der Waals surface area contributed by atoms with Crippen molar-refractivity contribution < 1.29 is 8.42 Å². The first-order valence-electron chi connectivity index (χ1n) is 7.85. The van der Waals surface area contributed by atoms with E-state index in [0.717, 1.165) is 5.69 Å². The van der Waals surface area contributed by atoms with Crippen LogP contribution in [0, 0.1) is 6.92 Å². The van der Waals surface area contributed by atoms with Crippen LogP contribution in [0.5, 0.6) is 0 Å². The molecule has 2 aromatic carbocycles. The molecule has 0 saturated carbocycles. The molecule has 0 aliphatic heterocycles. The van der Waals surface area contributed by atoms with Gasteiger partial charge in [-0.15, -0.1) is 0 Å². The molecule has 0 aromatic heterocycles. The molecule has 0 bridgehead atoms. The monoisotopic (exact) mass is 377 g/mol. The summed E-state index contributed by atoms with van der Waals surface area (Å²) >= 11 is 5.38. The van der Waals surface area contributed by atoms with E-state index in [9.17, 15) is 8.42 Å². The number of hydrogen-bond acceptors (Lipinski definition) is 3. The maximum Gasteiger partial charge on any atom is 0.231 e. The largest absolute Gasteiger partial charge is 0.356 e. The first-order valence-corrected chi connectivity index (χ1v) is 10.1. The van der Waals surface area contributed by atoms with Crippen LogP contribution in [-0.4, -0.2) is 26.8 Å². The Kier molecular flexibility index (Phi) is 6.02. The van der Waals surface area contributed by atoms with E-state index < -0.39 is 10.0 Å². The molecule has 5 nitrogen and oxygen atoms in total. The van der Waals surface area contributed by atoms with E-state index in [1.165, 1.54) is 28.7 Å². The summed E-state index contributed by atoms with van der Waals surface area (Å²) < 4.78 is 24.6. The van der Waals surface area contributed by atoms with Gasteiger partial charge < -0.3 is 10.6 Å². The Morgan fingerprint density at radius 2 is 1.84 bits per heavy atom. The van der Waals surface area contributed by atoms with Crippen LogP contribution in [-0.2, 0) is 10.0 Å². The zero-order chi connectivity index (χ0) is 18.6. The molecule has 0 spiro atoms. The van der Waals surface area contributed by atoms with Gasteiger partial charge in [0.1, 0.15) is 0 Å². The second-order valence-corrected chi connectivity index (χ2v) is 8.38. The number of rotatable bonds is 5. The predicted molar refractivity (Wildman–Crippen MR) is 109 cm³/mol. The zero-order valence-corrected chi connectivity index (χ0v) is 16.4. The lowest BCUT2D eigenvalue weighted by Gasteiger charge is -2.20. The van der Waals surface area contributed by atoms with Gasteiger partial charge in [0.2, 0.25) is 10.0 Å². The second kappa shape index (κ2) is 7.84. The normalized spacial score (nSPS) is 12.3. The molecule has 25 heavy (non-hydrogen) atoms. The average Bonchev–Trinajstić information content (AvgIpc) is 2.53. The molecule has 0 fully saturated rings. The van der Waals surface area contributed by atoms with Crippen LogP contribution in [0.25, 0.3) is 0 Å². The first-order chi connectivity index (χ1) is 11.7. The topological polar surface area (TPSA) is 61.4 Å². The van der Waals surface area contributed by atoms with Gasteiger partial charge in [0.15, 0.2) is 5.11 Å². The van der Waals surface area contributed by atoms with Crippen molar-refractivity contribution in [1.29, 1.82) is 0 Å². The molecule has 0 unspecified atom stereocenters. The van der Waals surface area contributed by atoms with Gasteiger partial charge in [-0.05, 0) is 55.4 Å². The van der Waals surface area contributed by atoms with Crippen molar-refractivity contribution in [3.8, 4) is 0 Å². The molecule has 7 heteroatoms. The van der Waals surface area contributed by atoms with Crippen molar-refractivity contribution in [3.05, 3.63) is 59.7 Å². The van der Waals surface area contributed by atoms with E-state index in [4.69, 9.17) is 12.2 Å². The predicted octanol–water partition coefficient (Wildman–Crippen LogP) is 3.44. The highest BCUT2D eigenvalue weighted by molar-refractivity contribution is 7.92. The number of nitrogens with one attached hydrogen (secondary N) is 2. The second-order valence-electron chi connectivity index (χ2n) is 5.96. The quantitative estimate of drug-likeness (QED) is 0.782. The number of thiocarbonyl (C=S) groups is 1. The molecule has 2 rings (SSSR count). The Labute approximate surface area is 155 Å². The molecule has 134 valence electrons. The highest BCUT2D eigenvalue weighted by atomic mass is 32.2. The van der Waals surface area contributed by atoms with Gasteiger partial charge in [-0.3, -0.25) is 4.31 Å². The molecule has 0 saturated heterocycles. The summed E-state index contributed by atoms with van der Waals surface area (Å²) in [5.74, 6) is 0. The first kappa shape index (κ1) is 19.2. The van der Waals surface area contributed by atoms with Crippen molar-refractivity contribution >= 4 is 38.7 Å². The van der Waals surface area contributed by atoms with Crippen LogP contribution >= 0.6 is 12.2 Å². The van der Waals surface area contributed by atoms with Crippen LogP contribution in [0.1, 0.15) is 24.1 Å². The molecule has 0 radical (unpaired) electrons. The van der Waals surface area contributed by atoms with Crippen molar-refractivity contribution in [2.75, 3.05) is 22.9 Å². The summed E-state index contributed by atoms with van der Waals surface area (Å²) in [7, 11) is -1.78. The number of anilines is 2. The third kappa shape index (κ3) is 5.17. The highest BCUT2D eigenvalue weighted by Crippen LogP contribution is 2.21. The van der Waals surface area contributed by atoms with Gasteiger partial charge >= 0.3 is 0 Å². The van der Waals surface area contributed by atoms with Crippen molar-refractivity contribution in [2.24, 2.45) is 0 Å². The summed E-state index contributed by atoms with van der Waals surface area (Å²) in [5.41, 5.74) is 3.67. The number of nitrogens with zero attached hydrogens (tertiary/aromatic N) is 1. The lowest BCUT2D eigenvalue weighted by molar-refractivity contribution is 0.600. The fourth-order valence-electron chi connectivity index (χ4n) is 2.49. The molecule has 0 aliphatic rings. The van der Waals surface area contributed by atoms with Crippen molar-refractivity contribution in [2.45, 2.75) is 19.9 Å².